The second kappa shape index (κ2) is 5.33. The molecule has 1 aromatic heterocycles. The van der Waals surface area contributed by atoms with Crippen LogP contribution in [0.3, 0.4) is 0 Å². The van der Waals surface area contributed by atoms with Crippen LogP contribution in [0.4, 0.5) is 11.4 Å². The Balaban J connectivity index is 2.25. The predicted octanol–water partition coefficient (Wildman–Crippen LogP) is 2.72. The van der Waals surface area contributed by atoms with Crippen LogP contribution in [-0.4, -0.2) is 24.7 Å². The van der Waals surface area contributed by atoms with Crippen LogP contribution < -0.4 is 11.1 Å². The Morgan fingerprint density at radius 1 is 1.53 bits per heavy atom. The molecule has 5 heteroatoms. The fraction of sp³-hybridized carbons (Fsp3) is 0.417. The number of hydrogen-bond acceptors (Lipinski definition) is 5. The Kier molecular flexibility index (Phi) is 3.81. The molecule has 0 saturated carbocycles. The van der Waals surface area contributed by atoms with E-state index in [1.807, 2.05) is 17.6 Å². The quantitative estimate of drug-likeness (QED) is 0.802. The SMILES string of the molecule is CCC(COC)Nc1ccc2scnc2c1N. The Labute approximate surface area is 105 Å². The van der Waals surface area contributed by atoms with Gasteiger partial charge in [-0.05, 0) is 18.6 Å². The molecule has 1 heterocycles. The van der Waals surface area contributed by atoms with E-state index in [2.05, 4.69) is 17.2 Å². The number of nitrogens with two attached hydrogens (primary N) is 1. The zero-order valence-corrected chi connectivity index (χ0v) is 10.9. The molecule has 0 fully saturated rings. The fourth-order valence-corrected chi connectivity index (χ4v) is 2.45. The van der Waals surface area contributed by atoms with E-state index in [-0.39, 0.29) is 6.04 Å². The molecule has 0 bridgehead atoms. The molecule has 0 aliphatic carbocycles. The molecule has 0 saturated heterocycles. The van der Waals surface area contributed by atoms with E-state index in [0.717, 1.165) is 28.0 Å². The number of fused-ring (bicyclic) bond motifs is 1. The second-order valence-electron chi connectivity index (χ2n) is 3.93. The summed E-state index contributed by atoms with van der Waals surface area (Å²) >= 11 is 1.60. The summed E-state index contributed by atoms with van der Waals surface area (Å²) in [5.41, 5.74) is 10.5. The lowest BCUT2D eigenvalue weighted by Crippen LogP contribution is -2.24. The zero-order chi connectivity index (χ0) is 12.3. The van der Waals surface area contributed by atoms with Crippen LogP contribution in [0.2, 0.25) is 0 Å². The third kappa shape index (κ3) is 2.50. The van der Waals surface area contributed by atoms with Crippen molar-refractivity contribution in [2.45, 2.75) is 19.4 Å². The Morgan fingerprint density at radius 2 is 2.35 bits per heavy atom. The maximum atomic E-state index is 6.10. The van der Waals surface area contributed by atoms with Crippen molar-refractivity contribution >= 4 is 32.9 Å². The van der Waals surface area contributed by atoms with Crippen LogP contribution in [0.15, 0.2) is 17.6 Å². The third-order valence-electron chi connectivity index (χ3n) is 2.76. The van der Waals surface area contributed by atoms with E-state index < -0.39 is 0 Å². The van der Waals surface area contributed by atoms with Gasteiger partial charge in [0.15, 0.2) is 0 Å². The van der Waals surface area contributed by atoms with E-state index >= 15 is 0 Å². The summed E-state index contributed by atoms with van der Waals surface area (Å²) in [6, 6.07) is 4.33. The number of thiazole rings is 1. The summed E-state index contributed by atoms with van der Waals surface area (Å²) in [5.74, 6) is 0. The molecule has 92 valence electrons. The highest BCUT2D eigenvalue weighted by atomic mass is 32.1. The zero-order valence-electron chi connectivity index (χ0n) is 10.1. The maximum Gasteiger partial charge on any atom is 0.106 e. The lowest BCUT2D eigenvalue weighted by Gasteiger charge is -2.18. The maximum absolute atomic E-state index is 6.10. The van der Waals surface area contributed by atoms with Gasteiger partial charge in [-0.25, -0.2) is 4.98 Å². The first-order valence-corrected chi connectivity index (χ1v) is 6.51. The molecule has 2 aromatic rings. The minimum absolute atomic E-state index is 0.276. The van der Waals surface area contributed by atoms with Gasteiger partial charge in [0.2, 0.25) is 0 Å². The van der Waals surface area contributed by atoms with Crippen molar-refractivity contribution in [3.8, 4) is 0 Å². The van der Waals surface area contributed by atoms with Gasteiger partial charge in [0, 0.05) is 13.2 Å². The van der Waals surface area contributed by atoms with Crippen LogP contribution >= 0.6 is 11.3 Å². The molecule has 0 amide bonds. The normalized spacial score (nSPS) is 12.8. The topological polar surface area (TPSA) is 60.2 Å². The number of nitrogen functional groups attached to an aromatic ring is 1. The largest absolute Gasteiger partial charge is 0.395 e. The number of nitrogens with one attached hydrogen (secondary N) is 1. The molecule has 17 heavy (non-hydrogen) atoms. The first-order chi connectivity index (χ1) is 8.26. The summed E-state index contributed by atoms with van der Waals surface area (Å²) in [6.45, 7) is 2.79. The van der Waals surface area contributed by atoms with E-state index in [9.17, 15) is 0 Å². The van der Waals surface area contributed by atoms with Gasteiger partial charge in [-0.1, -0.05) is 6.92 Å². The number of rotatable bonds is 5. The van der Waals surface area contributed by atoms with Crippen LogP contribution in [0.25, 0.3) is 10.2 Å². The van der Waals surface area contributed by atoms with Crippen LogP contribution in [-0.2, 0) is 4.74 Å². The number of ether oxygens (including phenoxy) is 1. The van der Waals surface area contributed by atoms with Crippen molar-refractivity contribution < 1.29 is 4.74 Å². The molecule has 1 aromatic carbocycles. The number of hydrogen-bond donors (Lipinski definition) is 2. The van der Waals surface area contributed by atoms with Crippen molar-refractivity contribution in [3.63, 3.8) is 0 Å². The molecule has 0 aliphatic heterocycles. The van der Waals surface area contributed by atoms with Crippen molar-refractivity contribution in [3.05, 3.63) is 17.6 Å². The monoisotopic (exact) mass is 251 g/mol. The first kappa shape index (κ1) is 12.1. The van der Waals surface area contributed by atoms with Gasteiger partial charge in [0.1, 0.15) is 5.52 Å². The molecule has 1 unspecified atom stereocenters. The summed E-state index contributed by atoms with van der Waals surface area (Å²) < 4.78 is 6.28. The standard InChI is InChI=1S/C12H17N3OS/c1-3-8(6-16-2)15-9-4-5-10-12(11(9)13)14-7-17-10/h4-5,7-8,15H,3,6,13H2,1-2H3. The Bertz CT molecular complexity index is 497. The van der Waals surface area contributed by atoms with E-state index in [1.54, 1.807) is 18.4 Å². The molecular weight excluding hydrogens is 234 g/mol. The van der Waals surface area contributed by atoms with E-state index in [0.29, 0.717) is 6.61 Å². The predicted molar refractivity (Wildman–Crippen MR) is 73.6 cm³/mol. The van der Waals surface area contributed by atoms with Gasteiger partial charge in [0.05, 0.1) is 28.2 Å². The minimum Gasteiger partial charge on any atom is -0.395 e. The molecule has 0 radical (unpaired) electrons. The van der Waals surface area contributed by atoms with Gasteiger partial charge in [0.25, 0.3) is 0 Å². The van der Waals surface area contributed by atoms with Gasteiger partial charge in [-0.3, -0.25) is 0 Å². The first-order valence-electron chi connectivity index (χ1n) is 5.63. The van der Waals surface area contributed by atoms with Crippen LogP contribution in [0.1, 0.15) is 13.3 Å². The summed E-state index contributed by atoms with van der Waals surface area (Å²) in [6.07, 6.45) is 0.988. The molecule has 3 N–H and O–H groups in total. The van der Waals surface area contributed by atoms with Crippen molar-refractivity contribution in [2.24, 2.45) is 0 Å². The highest BCUT2D eigenvalue weighted by Crippen LogP contribution is 2.30. The van der Waals surface area contributed by atoms with Gasteiger partial charge in [-0.15, -0.1) is 11.3 Å². The number of aromatic nitrogens is 1. The molecular formula is C12H17N3OS. The van der Waals surface area contributed by atoms with Gasteiger partial charge < -0.3 is 15.8 Å². The number of methoxy groups -OCH3 is 1. The average molecular weight is 251 g/mol. The van der Waals surface area contributed by atoms with Crippen LogP contribution in [0, 0.1) is 0 Å². The second-order valence-corrected chi connectivity index (χ2v) is 4.82. The molecule has 1 atom stereocenters. The average Bonchev–Trinajstić information content (AvgIpc) is 2.80. The Hall–Kier alpha value is -1.33. The minimum atomic E-state index is 0.276. The molecule has 0 spiro atoms. The van der Waals surface area contributed by atoms with Crippen LogP contribution in [0.5, 0.6) is 0 Å². The number of anilines is 2. The summed E-state index contributed by atoms with van der Waals surface area (Å²) in [5, 5.41) is 3.39. The smallest absolute Gasteiger partial charge is 0.106 e. The molecule has 4 nitrogen and oxygen atoms in total. The Morgan fingerprint density at radius 3 is 3.06 bits per heavy atom. The lowest BCUT2D eigenvalue weighted by atomic mass is 10.2. The molecule has 2 rings (SSSR count). The fourth-order valence-electron chi connectivity index (χ4n) is 1.76. The van der Waals surface area contributed by atoms with Gasteiger partial charge >= 0.3 is 0 Å². The highest BCUT2D eigenvalue weighted by molar-refractivity contribution is 7.16. The third-order valence-corrected chi connectivity index (χ3v) is 3.56. The number of nitrogens with zero attached hydrogens (tertiary/aromatic N) is 1. The lowest BCUT2D eigenvalue weighted by molar-refractivity contribution is 0.184. The summed E-state index contributed by atoms with van der Waals surface area (Å²) in [4.78, 5) is 4.28. The highest BCUT2D eigenvalue weighted by Gasteiger charge is 2.10. The van der Waals surface area contributed by atoms with E-state index in [4.69, 9.17) is 10.5 Å². The van der Waals surface area contributed by atoms with Crippen molar-refractivity contribution in [1.82, 2.24) is 4.98 Å². The summed E-state index contributed by atoms with van der Waals surface area (Å²) in [7, 11) is 1.71. The van der Waals surface area contributed by atoms with Gasteiger partial charge in [-0.2, -0.15) is 0 Å². The number of benzene rings is 1. The van der Waals surface area contributed by atoms with Crippen molar-refractivity contribution in [2.75, 3.05) is 24.8 Å². The molecule has 0 aliphatic rings. The van der Waals surface area contributed by atoms with E-state index in [1.165, 1.54) is 0 Å². The van der Waals surface area contributed by atoms with Crippen molar-refractivity contribution in [1.29, 1.82) is 0 Å².